The van der Waals surface area contributed by atoms with Crippen molar-refractivity contribution in [2.24, 2.45) is 11.7 Å². The topological polar surface area (TPSA) is 176 Å². The summed E-state index contributed by atoms with van der Waals surface area (Å²) in [4.78, 5) is 53.5. The molecule has 17 heteroatoms. The monoisotopic (exact) mass is 619 g/mol. The van der Waals surface area contributed by atoms with Crippen LogP contribution in [0.15, 0.2) is 24.4 Å². The average molecular weight is 620 g/mol. The van der Waals surface area contributed by atoms with Gasteiger partial charge in [-0.05, 0) is 37.5 Å². The van der Waals surface area contributed by atoms with Crippen molar-refractivity contribution in [3.63, 3.8) is 0 Å². The summed E-state index contributed by atoms with van der Waals surface area (Å²) in [6, 6.07) is 3.68. The van der Waals surface area contributed by atoms with Crippen molar-refractivity contribution >= 4 is 46.1 Å². The number of methoxy groups -OCH3 is 1. The summed E-state index contributed by atoms with van der Waals surface area (Å²) in [6.45, 7) is 1.70. The smallest absolute Gasteiger partial charge is 0.475 e. The quantitative estimate of drug-likeness (QED) is 0.124. The predicted octanol–water partition coefficient (Wildman–Crippen LogP) is 3.05. The number of amides is 1. The van der Waals surface area contributed by atoms with E-state index in [0.717, 1.165) is 17.4 Å². The molecule has 1 amide bonds. The van der Waals surface area contributed by atoms with Crippen molar-refractivity contribution in [2.45, 2.75) is 31.9 Å². The number of aromatic nitrogens is 1. The molecule has 4 N–H and O–H groups in total. The Labute approximate surface area is 241 Å². The summed E-state index contributed by atoms with van der Waals surface area (Å²) in [6.07, 6.45) is -1.58. The lowest BCUT2D eigenvalue weighted by molar-refractivity contribution is -0.192. The van der Waals surface area contributed by atoms with Gasteiger partial charge in [-0.25, -0.2) is 19.0 Å². The molecule has 0 atom stereocenters. The third-order valence-corrected chi connectivity index (χ3v) is 7.01. The maximum absolute atomic E-state index is 14.2. The summed E-state index contributed by atoms with van der Waals surface area (Å²) in [5, 5.41) is 15.1. The predicted molar refractivity (Wildman–Crippen MR) is 142 cm³/mol. The Morgan fingerprint density at radius 3 is 2.38 bits per heavy atom. The molecule has 1 aromatic heterocycles. The SMILES string of the molecule is COC(=O)CCCN(C)C(=O)C1CCN(c2ncc(C(=O)Oc3ccc(C(=N)N)cc3F)s2)CC1.O=C(O)C(F)(F)F. The number of hydrogen-bond acceptors (Lipinski definition) is 10. The van der Waals surface area contributed by atoms with Crippen molar-refractivity contribution in [2.75, 3.05) is 38.7 Å². The van der Waals surface area contributed by atoms with Gasteiger partial charge >= 0.3 is 24.1 Å². The number of nitrogens with two attached hydrogens (primary N) is 1. The number of piperidine rings is 1. The lowest BCUT2D eigenvalue weighted by atomic mass is 9.95. The average Bonchev–Trinajstić information content (AvgIpc) is 3.44. The van der Waals surface area contributed by atoms with Gasteiger partial charge < -0.3 is 30.1 Å². The molecule has 0 spiro atoms. The first kappa shape index (κ1) is 33.9. The number of alkyl halides is 3. The van der Waals surface area contributed by atoms with Crippen molar-refractivity contribution < 1.29 is 51.3 Å². The lowest BCUT2D eigenvalue weighted by Crippen LogP contribution is -2.41. The van der Waals surface area contributed by atoms with E-state index in [9.17, 15) is 31.9 Å². The van der Waals surface area contributed by atoms with Gasteiger partial charge in [-0.2, -0.15) is 13.2 Å². The number of carboxylic acids is 1. The summed E-state index contributed by atoms with van der Waals surface area (Å²) in [5.41, 5.74) is 5.52. The fourth-order valence-electron chi connectivity index (χ4n) is 3.71. The van der Waals surface area contributed by atoms with Crippen LogP contribution in [0.4, 0.5) is 22.7 Å². The number of halogens is 4. The lowest BCUT2D eigenvalue weighted by Gasteiger charge is -2.33. The highest BCUT2D eigenvalue weighted by atomic mass is 32.1. The Bertz CT molecular complexity index is 1300. The number of esters is 2. The Hall–Kier alpha value is -4.28. The maximum atomic E-state index is 14.2. The van der Waals surface area contributed by atoms with Crippen LogP contribution in [-0.2, 0) is 19.1 Å². The molecule has 42 heavy (non-hydrogen) atoms. The van der Waals surface area contributed by atoms with E-state index in [-0.39, 0.29) is 46.2 Å². The number of amidine groups is 1. The summed E-state index contributed by atoms with van der Waals surface area (Å²) >= 11 is 1.14. The first-order valence-corrected chi connectivity index (χ1v) is 13.1. The Morgan fingerprint density at radius 2 is 1.86 bits per heavy atom. The molecule has 0 aliphatic carbocycles. The molecule has 0 radical (unpaired) electrons. The van der Waals surface area contributed by atoms with Crippen LogP contribution in [0.1, 0.15) is 40.9 Å². The molecule has 2 aromatic rings. The first-order valence-electron chi connectivity index (χ1n) is 12.3. The highest BCUT2D eigenvalue weighted by Gasteiger charge is 2.38. The second-order valence-electron chi connectivity index (χ2n) is 8.96. The molecule has 0 saturated carbocycles. The van der Waals surface area contributed by atoms with Crippen LogP contribution >= 0.6 is 11.3 Å². The molecular formula is C25H29F4N5O7S. The third-order valence-electron chi connectivity index (χ3n) is 5.98. The number of nitrogens with one attached hydrogen (secondary N) is 1. The highest BCUT2D eigenvalue weighted by molar-refractivity contribution is 7.17. The molecule has 12 nitrogen and oxygen atoms in total. The van der Waals surface area contributed by atoms with Gasteiger partial charge in [-0.1, -0.05) is 11.3 Å². The van der Waals surface area contributed by atoms with E-state index in [2.05, 4.69) is 9.72 Å². The highest BCUT2D eigenvalue weighted by Crippen LogP contribution is 2.29. The second kappa shape index (κ2) is 15.1. The maximum Gasteiger partial charge on any atom is 0.490 e. The van der Waals surface area contributed by atoms with E-state index in [0.29, 0.717) is 44.0 Å². The van der Waals surface area contributed by atoms with Gasteiger partial charge in [-0.3, -0.25) is 15.0 Å². The number of carboxylic acid groups (broad SMARTS) is 1. The Balaban J connectivity index is 0.000000782. The van der Waals surface area contributed by atoms with Gasteiger partial charge in [0, 0.05) is 44.6 Å². The normalized spacial score (nSPS) is 13.4. The molecule has 0 unspecified atom stereocenters. The summed E-state index contributed by atoms with van der Waals surface area (Å²) in [7, 11) is 3.08. The van der Waals surface area contributed by atoms with Gasteiger partial charge in [0.15, 0.2) is 16.7 Å². The largest absolute Gasteiger partial charge is 0.490 e. The van der Waals surface area contributed by atoms with E-state index in [1.165, 1.54) is 25.4 Å². The minimum Gasteiger partial charge on any atom is -0.475 e. The molecule has 1 saturated heterocycles. The van der Waals surface area contributed by atoms with Crippen LogP contribution in [0.2, 0.25) is 0 Å². The van der Waals surface area contributed by atoms with Crippen molar-refractivity contribution in [3.8, 4) is 5.75 Å². The van der Waals surface area contributed by atoms with Crippen LogP contribution in [0.25, 0.3) is 0 Å². The molecule has 1 aliphatic rings. The van der Waals surface area contributed by atoms with Crippen LogP contribution in [0.3, 0.4) is 0 Å². The molecule has 230 valence electrons. The number of carbonyl (C=O) groups is 4. The summed E-state index contributed by atoms with van der Waals surface area (Å²) in [5.74, 6) is -5.18. The van der Waals surface area contributed by atoms with E-state index < -0.39 is 23.9 Å². The number of nitrogens with zero attached hydrogens (tertiary/aromatic N) is 3. The Kier molecular flexibility index (Phi) is 12.2. The molecular weight excluding hydrogens is 590 g/mol. The van der Waals surface area contributed by atoms with E-state index in [1.54, 1.807) is 11.9 Å². The van der Waals surface area contributed by atoms with Gasteiger partial charge in [0.2, 0.25) is 5.91 Å². The van der Waals surface area contributed by atoms with Gasteiger partial charge in [0.25, 0.3) is 0 Å². The third kappa shape index (κ3) is 9.97. The second-order valence-corrected chi connectivity index (χ2v) is 9.97. The number of nitrogen functional groups attached to an aromatic ring is 1. The fourth-order valence-corrected chi connectivity index (χ4v) is 4.55. The summed E-state index contributed by atoms with van der Waals surface area (Å²) < 4.78 is 55.7. The number of benzene rings is 1. The van der Waals surface area contributed by atoms with Crippen LogP contribution in [-0.4, -0.2) is 84.6 Å². The minimum absolute atomic E-state index is 0.0516. The molecule has 3 rings (SSSR count). The van der Waals surface area contributed by atoms with E-state index in [1.807, 2.05) is 4.90 Å². The van der Waals surface area contributed by atoms with Crippen LogP contribution < -0.4 is 15.4 Å². The number of anilines is 1. The zero-order chi connectivity index (χ0) is 31.6. The first-order chi connectivity index (χ1) is 19.6. The van der Waals surface area contributed by atoms with Crippen LogP contribution in [0, 0.1) is 17.1 Å². The van der Waals surface area contributed by atoms with Crippen molar-refractivity contribution in [3.05, 3.63) is 40.7 Å². The number of rotatable bonds is 9. The minimum atomic E-state index is -5.08. The fraction of sp³-hybridized carbons (Fsp3) is 0.440. The number of thiazole rings is 1. The van der Waals surface area contributed by atoms with Crippen molar-refractivity contribution in [1.29, 1.82) is 5.41 Å². The molecule has 1 aromatic carbocycles. The van der Waals surface area contributed by atoms with Crippen molar-refractivity contribution in [1.82, 2.24) is 9.88 Å². The zero-order valence-electron chi connectivity index (χ0n) is 22.6. The van der Waals surface area contributed by atoms with E-state index >= 15 is 0 Å². The molecule has 1 aliphatic heterocycles. The number of ether oxygens (including phenoxy) is 2. The standard InChI is InChI=1S/C23H28FN5O5S.C2HF3O2/c1-28(9-3-4-19(30)33-2)21(31)14-7-10-29(11-8-14)23-27-13-18(35-23)22(32)34-17-6-5-15(20(25)26)12-16(17)24;3-2(4,5)1(6)7/h5-6,12-14H,3-4,7-11H2,1-2H3,(H3,25,26);(H,6,7). The van der Waals surface area contributed by atoms with Gasteiger partial charge in [0.1, 0.15) is 10.7 Å². The Morgan fingerprint density at radius 1 is 1.24 bits per heavy atom. The number of aliphatic carboxylic acids is 1. The number of carbonyl (C=O) groups excluding carboxylic acids is 3. The van der Waals surface area contributed by atoms with Gasteiger partial charge in [-0.15, -0.1) is 0 Å². The molecule has 0 bridgehead atoms. The molecule has 1 fully saturated rings. The molecule has 2 heterocycles. The van der Waals surface area contributed by atoms with Crippen LogP contribution in [0.5, 0.6) is 5.75 Å². The van der Waals surface area contributed by atoms with E-state index in [4.69, 9.17) is 25.8 Å². The number of hydrogen-bond donors (Lipinski definition) is 3. The zero-order valence-corrected chi connectivity index (χ0v) is 23.4. The van der Waals surface area contributed by atoms with Gasteiger partial charge in [0.05, 0.1) is 13.3 Å².